The van der Waals surface area contributed by atoms with E-state index in [4.69, 9.17) is 9.15 Å². The molecule has 5 nitrogen and oxygen atoms in total. The quantitative estimate of drug-likeness (QED) is 0.755. The van der Waals surface area contributed by atoms with Crippen molar-refractivity contribution < 1.29 is 18.7 Å². The van der Waals surface area contributed by atoms with Gasteiger partial charge in [-0.05, 0) is 26.8 Å². The molecular formula is C13H21NO4. The van der Waals surface area contributed by atoms with Crippen molar-refractivity contribution in [3.63, 3.8) is 0 Å². The van der Waals surface area contributed by atoms with Crippen LogP contribution in [-0.4, -0.2) is 31.8 Å². The summed E-state index contributed by atoms with van der Waals surface area (Å²) in [4.78, 5) is 11.2. The molecule has 0 aliphatic carbocycles. The monoisotopic (exact) mass is 255 g/mol. The Bertz CT molecular complexity index is 384. The number of nitrogens with one attached hydrogen (secondary N) is 1. The molecule has 1 heterocycles. The topological polar surface area (TPSA) is 60.7 Å². The van der Waals surface area contributed by atoms with Crippen LogP contribution in [0.1, 0.15) is 36.9 Å². The Kier molecular flexibility index (Phi) is 5.37. The maximum atomic E-state index is 11.2. The van der Waals surface area contributed by atoms with Crippen molar-refractivity contribution in [1.82, 2.24) is 5.32 Å². The van der Waals surface area contributed by atoms with E-state index in [1.807, 2.05) is 20.8 Å². The fourth-order valence-electron chi connectivity index (χ4n) is 1.63. The van der Waals surface area contributed by atoms with Crippen LogP contribution >= 0.6 is 0 Å². The summed E-state index contributed by atoms with van der Waals surface area (Å²) >= 11 is 0. The van der Waals surface area contributed by atoms with E-state index in [1.165, 1.54) is 13.4 Å². The minimum atomic E-state index is -0.389. The van der Waals surface area contributed by atoms with E-state index < -0.39 is 0 Å². The van der Waals surface area contributed by atoms with Gasteiger partial charge < -0.3 is 19.2 Å². The second-order valence-corrected chi connectivity index (χ2v) is 4.59. The molecule has 18 heavy (non-hydrogen) atoms. The maximum absolute atomic E-state index is 11.2. The normalized spacial score (nSPS) is 11.6. The smallest absolute Gasteiger partial charge is 0.341 e. The molecule has 0 saturated heterocycles. The zero-order chi connectivity index (χ0) is 13.6. The van der Waals surface area contributed by atoms with E-state index in [0.717, 1.165) is 0 Å². The number of esters is 1. The first-order valence-corrected chi connectivity index (χ1v) is 5.99. The molecule has 0 bridgehead atoms. The van der Waals surface area contributed by atoms with Crippen LogP contribution in [0.15, 0.2) is 16.7 Å². The van der Waals surface area contributed by atoms with Gasteiger partial charge in [-0.25, -0.2) is 4.79 Å². The van der Waals surface area contributed by atoms with Crippen LogP contribution < -0.4 is 5.32 Å². The standard InChI is InChI=1S/C13H21NO4/c1-5-18-13(2,3)9-14-7-11-6-10(8-17-11)12(15)16-4/h6,8,14H,5,7,9H2,1-4H3. The van der Waals surface area contributed by atoms with Crippen LogP contribution in [0.25, 0.3) is 0 Å². The fraction of sp³-hybridized carbons (Fsp3) is 0.615. The number of hydrogen-bond acceptors (Lipinski definition) is 5. The Morgan fingerprint density at radius 3 is 2.83 bits per heavy atom. The number of carbonyl (C=O) groups excluding carboxylic acids is 1. The van der Waals surface area contributed by atoms with Crippen molar-refractivity contribution in [1.29, 1.82) is 0 Å². The average Bonchev–Trinajstić information content (AvgIpc) is 2.76. The van der Waals surface area contributed by atoms with Gasteiger partial charge in [0, 0.05) is 13.2 Å². The molecule has 0 radical (unpaired) electrons. The summed E-state index contributed by atoms with van der Waals surface area (Å²) in [5.74, 6) is 0.308. The third-order valence-corrected chi connectivity index (χ3v) is 2.46. The van der Waals surface area contributed by atoms with E-state index in [0.29, 0.717) is 31.0 Å². The summed E-state index contributed by atoms with van der Waals surface area (Å²) in [5.41, 5.74) is 0.213. The third-order valence-electron chi connectivity index (χ3n) is 2.46. The summed E-state index contributed by atoms with van der Waals surface area (Å²) in [6.45, 7) is 7.94. The van der Waals surface area contributed by atoms with E-state index in [9.17, 15) is 4.79 Å². The SMILES string of the molecule is CCOC(C)(C)CNCc1cc(C(=O)OC)co1. The Balaban J connectivity index is 2.40. The van der Waals surface area contributed by atoms with Crippen molar-refractivity contribution in [2.24, 2.45) is 0 Å². The van der Waals surface area contributed by atoms with E-state index in [1.54, 1.807) is 6.07 Å². The molecule has 0 spiro atoms. The lowest BCUT2D eigenvalue weighted by atomic mass is 10.1. The highest BCUT2D eigenvalue weighted by atomic mass is 16.5. The van der Waals surface area contributed by atoms with Crippen LogP contribution in [0.4, 0.5) is 0 Å². The maximum Gasteiger partial charge on any atom is 0.341 e. The van der Waals surface area contributed by atoms with Crippen LogP contribution in [0, 0.1) is 0 Å². The molecule has 1 N–H and O–H groups in total. The lowest BCUT2D eigenvalue weighted by Gasteiger charge is -2.24. The molecule has 102 valence electrons. The highest BCUT2D eigenvalue weighted by molar-refractivity contribution is 5.88. The van der Waals surface area contributed by atoms with E-state index in [2.05, 4.69) is 10.1 Å². The minimum absolute atomic E-state index is 0.216. The number of hydrogen-bond donors (Lipinski definition) is 1. The van der Waals surface area contributed by atoms with Crippen molar-refractivity contribution >= 4 is 5.97 Å². The molecule has 1 aromatic rings. The first kappa shape index (κ1) is 14.7. The van der Waals surface area contributed by atoms with Crippen molar-refractivity contribution in [2.75, 3.05) is 20.3 Å². The van der Waals surface area contributed by atoms with Gasteiger partial charge in [-0.2, -0.15) is 0 Å². The number of rotatable bonds is 7. The summed E-state index contributed by atoms with van der Waals surface area (Å²) in [7, 11) is 1.35. The zero-order valence-corrected chi connectivity index (χ0v) is 11.4. The van der Waals surface area contributed by atoms with Gasteiger partial charge in [-0.15, -0.1) is 0 Å². The Morgan fingerprint density at radius 1 is 1.50 bits per heavy atom. The van der Waals surface area contributed by atoms with Gasteiger partial charge in [-0.3, -0.25) is 0 Å². The molecule has 0 saturated carbocycles. The van der Waals surface area contributed by atoms with Crippen LogP contribution in [0.5, 0.6) is 0 Å². The molecule has 0 unspecified atom stereocenters. The molecule has 0 aliphatic rings. The molecule has 0 atom stereocenters. The number of ether oxygens (including phenoxy) is 2. The minimum Gasteiger partial charge on any atom is -0.467 e. The van der Waals surface area contributed by atoms with Gasteiger partial charge in [0.1, 0.15) is 12.0 Å². The Labute approximate surface area is 107 Å². The van der Waals surface area contributed by atoms with Gasteiger partial charge in [-0.1, -0.05) is 0 Å². The van der Waals surface area contributed by atoms with E-state index in [-0.39, 0.29) is 11.6 Å². The highest BCUT2D eigenvalue weighted by Crippen LogP contribution is 2.10. The van der Waals surface area contributed by atoms with Crippen LogP contribution in [0.3, 0.4) is 0 Å². The summed E-state index contributed by atoms with van der Waals surface area (Å²) < 4.78 is 15.4. The highest BCUT2D eigenvalue weighted by Gasteiger charge is 2.17. The molecule has 0 fully saturated rings. The molecule has 0 amide bonds. The largest absolute Gasteiger partial charge is 0.467 e. The molecule has 1 rings (SSSR count). The summed E-state index contributed by atoms with van der Waals surface area (Å²) in [6, 6.07) is 1.67. The van der Waals surface area contributed by atoms with Gasteiger partial charge in [0.25, 0.3) is 0 Å². The molecule has 1 aromatic heterocycles. The van der Waals surface area contributed by atoms with Crippen LogP contribution in [-0.2, 0) is 16.0 Å². The summed E-state index contributed by atoms with van der Waals surface area (Å²) in [5, 5.41) is 3.23. The molecule has 5 heteroatoms. The van der Waals surface area contributed by atoms with Gasteiger partial charge in [0.15, 0.2) is 0 Å². The second kappa shape index (κ2) is 6.56. The van der Waals surface area contributed by atoms with Gasteiger partial charge in [0.05, 0.1) is 24.8 Å². The van der Waals surface area contributed by atoms with Gasteiger partial charge in [0.2, 0.25) is 0 Å². The lowest BCUT2D eigenvalue weighted by molar-refractivity contribution is -0.00920. The fourth-order valence-corrected chi connectivity index (χ4v) is 1.63. The van der Waals surface area contributed by atoms with Crippen molar-refractivity contribution in [2.45, 2.75) is 32.9 Å². The predicted octanol–water partition coefficient (Wildman–Crippen LogP) is 1.97. The first-order valence-electron chi connectivity index (χ1n) is 5.99. The first-order chi connectivity index (χ1) is 8.48. The van der Waals surface area contributed by atoms with Crippen LogP contribution in [0.2, 0.25) is 0 Å². The van der Waals surface area contributed by atoms with Gasteiger partial charge >= 0.3 is 5.97 Å². The second-order valence-electron chi connectivity index (χ2n) is 4.59. The zero-order valence-electron chi connectivity index (χ0n) is 11.4. The number of furan rings is 1. The average molecular weight is 255 g/mol. The summed E-state index contributed by atoms with van der Waals surface area (Å²) in [6.07, 6.45) is 1.40. The third kappa shape index (κ3) is 4.50. The van der Waals surface area contributed by atoms with Crippen molar-refractivity contribution in [3.05, 3.63) is 23.7 Å². The number of carbonyl (C=O) groups is 1. The Hall–Kier alpha value is -1.33. The van der Waals surface area contributed by atoms with E-state index >= 15 is 0 Å². The van der Waals surface area contributed by atoms with Crippen molar-refractivity contribution in [3.8, 4) is 0 Å². The molecule has 0 aromatic carbocycles. The number of methoxy groups -OCH3 is 1. The molecule has 0 aliphatic heterocycles. The predicted molar refractivity (Wildman–Crippen MR) is 67.5 cm³/mol. The lowest BCUT2D eigenvalue weighted by Crippen LogP contribution is -2.37. The molecular weight excluding hydrogens is 234 g/mol. The Morgan fingerprint density at radius 2 is 2.22 bits per heavy atom.